The lowest BCUT2D eigenvalue weighted by molar-refractivity contribution is -0.141. The monoisotopic (exact) mass is 303 g/mol. The highest BCUT2D eigenvalue weighted by Gasteiger charge is 2.44. The molecule has 0 radical (unpaired) electrons. The van der Waals surface area contributed by atoms with Crippen LogP contribution in [0.5, 0.6) is 0 Å². The molecule has 0 heterocycles. The van der Waals surface area contributed by atoms with Crippen LogP contribution >= 0.6 is 23.4 Å². The molecule has 0 saturated heterocycles. The third kappa shape index (κ3) is 3.54. The Kier molecular flexibility index (Phi) is 4.26. The molecule has 1 aliphatic rings. The van der Waals surface area contributed by atoms with Gasteiger partial charge in [-0.2, -0.15) is 0 Å². The van der Waals surface area contributed by atoms with Crippen LogP contribution in [0.2, 0.25) is 5.02 Å². The van der Waals surface area contributed by atoms with Gasteiger partial charge in [0.2, 0.25) is 0 Å². The Labute approximate surface area is 120 Å². The average molecular weight is 304 g/mol. The first-order valence-electron chi connectivity index (χ1n) is 5.90. The summed E-state index contributed by atoms with van der Waals surface area (Å²) >= 11 is 7.11. The predicted octanol–water partition coefficient (Wildman–Crippen LogP) is 3.50. The fraction of sp³-hybridized carbons (Fsp3) is 0.462. The molecule has 2 N–H and O–H groups in total. The zero-order chi connectivity index (χ0) is 14.0. The Morgan fingerprint density at radius 3 is 2.84 bits per heavy atom. The average Bonchev–Trinajstić information content (AvgIpc) is 3.12. The molecule has 0 atom stereocenters. The molecule has 0 amide bonds. The number of nitrogen functional groups attached to an aromatic ring is 1. The summed E-state index contributed by atoms with van der Waals surface area (Å²) in [6.07, 6.45) is 2.39. The maximum Gasteiger partial charge on any atom is 0.306 e. The predicted molar refractivity (Wildman–Crippen MR) is 74.8 cm³/mol. The molecule has 0 spiro atoms. The number of ether oxygens (including phenoxy) is 1. The fourth-order valence-electron chi connectivity index (χ4n) is 1.83. The molecule has 19 heavy (non-hydrogen) atoms. The zero-order valence-corrected chi connectivity index (χ0v) is 12.1. The van der Waals surface area contributed by atoms with Crippen LogP contribution in [-0.2, 0) is 9.53 Å². The summed E-state index contributed by atoms with van der Waals surface area (Å²) in [7, 11) is 1.39. The number of halogens is 2. The molecule has 6 heteroatoms. The van der Waals surface area contributed by atoms with Crippen molar-refractivity contribution in [3.05, 3.63) is 23.0 Å². The lowest BCUT2D eigenvalue weighted by Crippen LogP contribution is -2.13. The number of hydrogen-bond acceptors (Lipinski definition) is 4. The third-order valence-electron chi connectivity index (χ3n) is 3.29. The molecule has 1 saturated carbocycles. The largest absolute Gasteiger partial charge is 0.469 e. The number of anilines is 1. The number of carbonyl (C=O) groups excluding carboxylic acids is 1. The molecule has 104 valence electrons. The fourth-order valence-corrected chi connectivity index (χ4v) is 3.26. The Morgan fingerprint density at radius 2 is 2.26 bits per heavy atom. The van der Waals surface area contributed by atoms with Crippen molar-refractivity contribution in [2.45, 2.75) is 24.2 Å². The first-order chi connectivity index (χ1) is 8.96. The van der Waals surface area contributed by atoms with Gasteiger partial charge in [-0.25, -0.2) is 4.39 Å². The molecule has 1 aromatic carbocycles. The highest BCUT2D eigenvalue weighted by Crippen LogP contribution is 2.52. The first kappa shape index (κ1) is 14.5. The molecule has 0 bridgehead atoms. The quantitative estimate of drug-likeness (QED) is 0.514. The van der Waals surface area contributed by atoms with Crippen molar-refractivity contribution in [3.8, 4) is 0 Å². The van der Waals surface area contributed by atoms with E-state index in [0.29, 0.717) is 17.0 Å². The van der Waals surface area contributed by atoms with Crippen LogP contribution in [0.15, 0.2) is 17.0 Å². The normalized spacial score (nSPS) is 16.2. The second-order valence-electron chi connectivity index (χ2n) is 4.85. The van der Waals surface area contributed by atoms with E-state index in [4.69, 9.17) is 17.3 Å². The minimum atomic E-state index is -0.476. The molecule has 3 nitrogen and oxygen atoms in total. The van der Waals surface area contributed by atoms with E-state index in [9.17, 15) is 9.18 Å². The van der Waals surface area contributed by atoms with Gasteiger partial charge in [0.15, 0.2) is 0 Å². The van der Waals surface area contributed by atoms with Crippen LogP contribution in [-0.4, -0.2) is 18.8 Å². The number of nitrogens with two attached hydrogens (primary N) is 1. The summed E-state index contributed by atoms with van der Waals surface area (Å²) in [5, 5.41) is 0.0255. The van der Waals surface area contributed by atoms with E-state index in [-0.39, 0.29) is 16.4 Å². The van der Waals surface area contributed by atoms with Crippen molar-refractivity contribution >= 4 is 35.0 Å². The summed E-state index contributed by atoms with van der Waals surface area (Å²) in [5.74, 6) is 0.0532. The second-order valence-corrected chi connectivity index (χ2v) is 6.27. The number of hydrogen-bond donors (Lipinski definition) is 1. The van der Waals surface area contributed by atoms with E-state index < -0.39 is 5.82 Å². The summed E-state index contributed by atoms with van der Waals surface area (Å²) in [4.78, 5) is 12.0. The van der Waals surface area contributed by atoms with Crippen molar-refractivity contribution < 1.29 is 13.9 Å². The topological polar surface area (TPSA) is 52.3 Å². The maximum atomic E-state index is 13.4. The smallest absolute Gasteiger partial charge is 0.306 e. The van der Waals surface area contributed by atoms with Crippen LogP contribution < -0.4 is 5.73 Å². The van der Waals surface area contributed by atoms with Gasteiger partial charge >= 0.3 is 5.97 Å². The highest BCUT2D eigenvalue weighted by atomic mass is 35.5. The summed E-state index contributed by atoms with van der Waals surface area (Å²) in [5.41, 5.74) is 6.25. The molecular weight excluding hydrogens is 289 g/mol. The maximum absolute atomic E-state index is 13.4. The van der Waals surface area contributed by atoms with Crippen LogP contribution in [0.3, 0.4) is 0 Å². The van der Waals surface area contributed by atoms with Crippen molar-refractivity contribution in [1.82, 2.24) is 0 Å². The van der Waals surface area contributed by atoms with Gasteiger partial charge in [0.25, 0.3) is 0 Å². The van der Waals surface area contributed by atoms with Gasteiger partial charge in [0.1, 0.15) is 5.82 Å². The number of benzene rings is 1. The van der Waals surface area contributed by atoms with E-state index in [1.807, 2.05) is 0 Å². The van der Waals surface area contributed by atoms with Crippen LogP contribution in [0.1, 0.15) is 19.3 Å². The van der Waals surface area contributed by atoms with Crippen molar-refractivity contribution in [1.29, 1.82) is 0 Å². The van der Waals surface area contributed by atoms with E-state index in [0.717, 1.165) is 18.6 Å². The van der Waals surface area contributed by atoms with Crippen molar-refractivity contribution in [2.75, 3.05) is 18.6 Å². The van der Waals surface area contributed by atoms with E-state index in [1.54, 1.807) is 0 Å². The van der Waals surface area contributed by atoms with Gasteiger partial charge in [-0.3, -0.25) is 4.79 Å². The lowest BCUT2D eigenvalue weighted by Gasteiger charge is -2.14. The molecule has 1 aromatic rings. The number of rotatable bonds is 5. The van der Waals surface area contributed by atoms with Gasteiger partial charge in [0, 0.05) is 16.3 Å². The SMILES string of the molecule is COC(=O)CC1(CSc2cc(F)c(Cl)cc2N)CC1. The van der Waals surface area contributed by atoms with Crippen molar-refractivity contribution in [3.63, 3.8) is 0 Å². The summed E-state index contributed by atoms with van der Waals surface area (Å²) in [6, 6.07) is 2.76. The summed E-state index contributed by atoms with van der Waals surface area (Å²) < 4.78 is 18.1. The number of carbonyl (C=O) groups is 1. The van der Waals surface area contributed by atoms with E-state index in [2.05, 4.69) is 4.74 Å². The molecular formula is C13H15ClFNO2S. The standard InChI is InChI=1S/C13H15ClFNO2S/c1-18-12(17)6-13(2-3-13)7-19-11-5-9(15)8(14)4-10(11)16/h4-5H,2-3,6-7,16H2,1H3. The van der Waals surface area contributed by atoms with E-state index >= 15 is 0 Å². The molecule has 0 aliphatic heterocycles. The molecule has 2 rings (SSSR count). The van der Waals surface area contributed by atoms with Gasteiger partial charge < -0.3 is 10.5 Å². The zero-order valence-electron chi connectivity index (χ0n) is 10.5. The van der Waals surface area contributed by atoms with Crippen molar-refractivity contribution in [2.24, 2.45) is 5.41 Å². The van der Waals surface area contributed by atoms with Crippen LogP contribution in [0, 0.1) is 11.2 Å². The molecule has 0 unspecified atom stereocenters. The third-order valence-corrected chi connectivity index (χ3v) is 5.00. The van der Waals surface area contributed by atoms with Gasteiger partial charge in [-0.1, -0.05) is 11.6 Å². The highest BCUT2D eigenvalue weighted by molar-refractivity contribution is 7.99. The minimum Gasteiger partial charge on any atom is -0.469 e. The summed E-state index contributed by atoms with van der Waals surface area (Å²) in [6.45, 7) is 0. The number of methoxy groups -OCH3 is 1. The van der Waals surface area contributed by atoms with E-state index in [1.165, 1.54) is 31.0 Å². The Balaban J connectivity index is 1.99. The van der Waals surface area contributed by atoms with Gasteiger partial charge in [0.05, 0.1) is 18.6 Å². The molecule has 1 aliphatic carbocycles. The number of esters is 1. The molecule has 1 fully saturated rings. The number of thioether (sulfide) groups is 1. The van der Waals surface area contributed by atoms with Gasteiger partial charge in [-0.05, 0) is 30.4 Å². The first-order valence-corrected chi connectivity index (χ1v) is 7.26. The lowest BCUT2D eigenvalue weighted by atomic mass is 10.1. The van der Waals surface area contributed by atoms with Gasteiger partial charge in [-0.15, -0.1) is 11.8 Å². The Bertz CT molecular complexity index is 506. The molecule has 0 aromatic heterocycles. The Morgan fingerprint density at radius 1 is 1.58 bits per heavy atom. The van der Waals surface area contributed by atoms with Crippen LogP contribution in [0.25, 0.3) is 0 Å². The Hall–Kier alpha value is -0.940. The van der Waals surface area contributed by atoms with Crippen LogP contribution in [0.4, 0.5) is 10.1 Å². The second kappa shape index (κ2) is 5.59. The minimum absolute atomic E-state index is 0.0136.